The Kier molecular flexibility index (Phi) is 5.03. The molecule has 0 saturated heterocycles. The van der Waals surface area contributed by atoms with Crippen LogP contribution in [0.4, 0.5) is 0 Å². The van der Waals surface area contributed by atoms with E-state index in [1.54, 1.807) is 0 Å². The van der Waals surface area contributed by atoms with Gasteiger partial charge in [0, 0.05) is 32.7 Å². The van der Waals surface area contributed by atoms with E-state index in [4.69, 9.17) is 0 Å². The molecule has 1 radical (unpaired) electrons. The van der Waals surface area contributed by atoms with Crippen molar-refractivity contribution >= 4 is 0 Å². The van der Waals surface area contributed by atoms with Gasteiger partial charge < -0.3 is 4.99 Å². The Hall–Kier alpha value is -0.0761. The minimum absolute atomic E-state index is 0. The van der Waals surface area contributed by atoms with Crippen LogP contribution in [0.5, 0.6) is 0 Å². The molecule has 1 aliphatic rings. The summed E-state index contributed by atoms with van der Waals surface area (Å²) in [6.45, 7) is 11.5. The molecule has 0 atom stereocenters. The van der Waals surface area contributed by atoms with E-state index in [2.05, 4.69) is 50.7 Å². The van der Waals surface area contributed by atoms with Crippen LogP contribution in [0.3, 0.4) is 0 Å². The second-order valence-corrected chi connectivity index (χ2v) is 5.04. The summed E-state index contributed by atoms with van der Waals surface area (Å²) in [6.07, 6.45) is 0. The van der Waals surface area contributed by atoms with Gasteiger partial charge in [-0.3, -0.25) is 4.99 Å². The van der Waals surface area contributed by atoms with Crippen molar-refractivity contribution in [2.75, 3.05) is 6.67 Å². The number of hydrogen-bond donors (Lipinski definition) is 0. The first kappa shape index (κ1) is 15.0. The third-order valence-corrected chi connectivity index (χ3v) is 3.07. The van der Waals surface area contributed by atoms with E-state index in [0.717, 1.165) is 10.7 Å². The summed E-state index contributed by atoms with van der Waals surface area (Å²) in [5, 5.41) is 2.21. The average molecular weight is 304 g/mol. The normalized spacial score (nSPS) is 13.1. The van der Waals surface area contributed by atoms with Crippen LogP contribution in [-0.2, 0) is 32.7 Å². The van der Waals surface area contributed by atoms with Crippen molar-refractivity contribution in [1.82, 2.24) is 0 Å². The van der Waals surface area contributed by atoms with E-state index in [0.29, 0.717) is 18.5 Å². The van der Waals surface area contributed by atoms with Crippen LogP contribution in [0.15, 0.2) is 9.98 Å². The molecule has 17 heavy (non-hydrogen) atoms. The molecule has 0 saturated carbocycles. The van der Waals surface area contributed by atoms with E-state index >= 15 is 0 Å². The largest absolute Gasteiger partial charge is 0.325 e. The summed E-state index contributed by atoms with van der Waals surface area (Å²) in [5.41, 5.74) is 3.78. The molecule has 2 rings (SSSR count). The second-order valence-electron chi connectivity index (χ2n) is 5.04. The van der Waals surface area contributed by atoms with Crippen molar-refractivity contribution in [3.05, 3.63) is 33.5 Å². The molecule has 1 aliphatic heterocycles. The Morgan fingerprint density at radius 3 is 2.12 bits per heavy atom. The van der Waals surface area contributed by atoms with Gasteiger partial charge >= 0.3 is 0 Å². The summed E-state index contributed by atoms with van der Waals surface area (Å²) in [4.78, 5) is 9.04. The molecule has 2 nitrogen and oxygen atoms in total. The summed E-state index contributed by atoms with van der Waals surface area (Å²) in [5.74, 6) is 0.953. The van der Waals surface area contributed by atoms with Crippen LogP contribution in [0.25, 0.3) is 0 Å². The molecule has 0 N–H and O–H groups in total. The number of nitrogens with zero attached hydrogens (tertiary/aromatic N) is 2. The second kappa shape index (κ2) is 5.71. The molecule has 0 unspecified atom stereocenters. The molecule has 0 aromatic heterocycles. The van der Waals surface area contributed by atoms with Crippen molar-refractivity contribution in [1.29, 1.82) is 0 Å². The van der Waals surface area contributed by atoms with Crippen molar-refractivity contribution in [2.45, 2.75) is 46.5 Å². The molecule has 3 heteroatoms. The monoisotopic (exact) mass is 304 g/mol. The Bertz CT molecular complexity index is 530. The number of benzene rings is 1. The molecule has 89 valence electrons. The number of hydrogen-bond acceptors (Lipinski definition) is 2. The van der Waals surface area contributed by atoms with Crippen LogP contribution in [0.2, 0.25) is 0 Å². The van der Waals surface area contributed by atoms with Crippen molar-refractivity contribution < 1.29 is 32.7 Å². The van der Waals surface area contributed by atoms with Crippen LogP contribution in [-0.4, -0.2) is 6.67 Å². The minimum Gasteiger partial charge on any atom is -0.325 e. The fraction of sp³-hybridized carbons (Fsp3) is 0.571. The third kappa shape index (κ3) is 2.68. The molecule has 0 amide bonds. The molecular weight excluding hydrogens is 285 g/mol. The first-order chi connectivity index (χ1) is 7.52. The molecule has 1 aromatic carbocycles. The Balaban J connectivity index is 0.00000144. The smallest absolute Gasteiger partial charge is 0.115 e. The van der Waals surface area contributed by atoms with Gasteiger partial charge in [-0.25, -0.2) is 0 Å². The van der Waals surface area contributed by atoms with Crippen molar-refractivity contribution in [3.8, 4) is 0 Å². The standard InChI is InChI=1S/C14H19N2.Y/c1-8(2)11-6-10(5)12(9(3)4)14-13(11)15-7-16-14;/h8-9H,7H2,1-5H3;/q-1;. The maximum atomic E-state index is 4.54. The van der Waals surface area contributed by atoms with Gasteiger partial charge in [-0.1, -0.05) is 40.5 Å². The van der Waals surface area contributed by atoms with Gasteiger partial charge in [0.25, 0.3) is 0 Å². The fourth-order valence-corrected chi connectivity index (χ4v) is 2.38. The summed E-state index contributed by atoms with van der Waals surface area (Å²) >= 11 is 0. The van der Waals surface area contributed by atoms with Gasteiger partial charge in [0.05, 0.1) is 0 Å². The van der Waals surface area contributed by atoms with Gasteiger partial charge in [0.2, 0.25) is 0 Å². The number of aryl methyl sites for hydroxylation is 1. The molecule has 0 aliphatic carbocycles. The van der Waals surface area contributed by atoms with E-state index in [9.17, 15) is 0 Å². The Morgan fingerprint density at radius 1 is 1.00 bits per heavy atom. The molecule has 1 heterocycles. The van der Waals surface area contributed by atoms with Gasteiger partial charge in [0.1, 0.15) is 6.67 Å². The molecule has 1 aromatic rings. The maximum Gasteiger partial charge on any atom is 0.115 e. The van der Waals surface area contributed by atoms with Crippen molar-refractivity contribution in [3.63, 3.8) is 0 Å². The van der Waals surface area contributed by atoms with Gasteiger partial charge in [-0.05, 0) is 16.6 Å². The average Bonchev–Trinajstić information content (AvgIpc) is 2.63. The van der Waals surface area contributed by atoms with E-state index in [-0.39, 0.29) is 32.7 Å². The van der Waals surface area contributed by atoms with Crippen LogP contribution in [0, 0.1) is 13.0 Å². The number of rotatable bonds is 2. The first-order valence-electron chi connectivity index (χ1n) is 5.97. The SMILES string of the molecule is Cc1[c-]c(C(C)C)c2c(c1C(C)C)=NCN=2.[Y]. The first-order valence-corrected chi connectivity index (χ1v) is 5.97. The molecule has 0 bridgehead atoms. The minimum atomic E-state index is 0. The zero-order chi connectivity index (χ0) is 11.9. The van der Waals surface area contributed by atoms with Crippen LogP contribution in [0.1, 0.15) is 56.2 Å². The fourth-order valence-electron chi connectivity index (χ4n) is 2.38. The molecular formula is C14H19N2Y-. The van der Waals surface area contributed by atoms with Crippen molar-refractivity contribution in [2.24, 2.45) is 9.98 Å². The van der Waals surface area contributed by atoms with Gasteiger partial charge in [0.15, 0.2) is 0 Å². The van der Waals surface area contributed by atoms with Crippen LogP contribution < -0.4 is 10.7 Å². The summed E-state index contributed by atoms with van der Waals surface area (Å²) in [6, 6.07) is 3.50. The van der Waals surface area contributed by atoms with Gasteiger partial charge in [-0.15, -0.1) is 11.1 Å². The zero-order valence-electron chi connectivity index (χ0n) is 11.3. The summed E-state index contributed by atoms with van der Waals surface area (Å²) < 4.78 is 0. The molecule has 0 spiro atoms. The Labute approximate surface area is 129 Å². The maximum absolute atomic E-state index is 4.54. The predicted molar refractivity (Wildman–Crippen MR) is 65.4 cm³/mol. The number of fused-ring (bicyclic) bond motifs is 1. The molecule has 0 fully saturated rings. The van der Waals surface area contributed by atoms with E-state index < -0.39 is 0 Å². The van der Waals surface area contributed by atoms with Crippen LogP contribution >= 0.6 is 0 Å². The van der Waals surface area contributed by atoms with E-state index in [1.165, 1.54) is 16.7 Å². The quantitative estimate of drug-likeness (QED) is 0.749. The topological polar surface area (TPSA) is 24.7 Å². The summed E-state index contributed by atoms with van der Waals surface area (Å²) in [7, 11) is 0. The zero-order valence-corrected chi connectivity index (χ0v) is 14.2. The van der Waals surface area contributed by atoms with Gasteiger partial charge in [-0.2, -0.15) is 11.6 Å². The predicted octanol–water partition coefficient (Wildman–Crippen LogP) is 2.25. The Morgan fingerprint density at radius 2 is 1.59 bits per heavy atom. The van der Waals surface area contributed by atoms with E-state index in [1.807, 2.05) is 0 Å². The third-order valence-electron chi connectivity index (χ3n) is 3.07.